The summed E-state index contributed by atoms with van der Waals surface area (Å²) in [6, 6.07) is 1.83. The first-order valence-corrected chi connectivity index (χ1v) is 6.09. The molecule has 90 valence electrons. The highest BCUT2D eigenvalue weighted by Gasteiger charge is 2.26. The van der Waals surface area contributed by atoms with E-state index in [1.807, 2.05) is 0 Å². The molecule has 0 heterocycles. The standard InChI is InChI=1S/C9H10F3NO2S/c1-3-16(14,15)9-7(10)4-6(2)5-8(9)13(11)12/h4-5H,3H2,1-2H3. The number of nitrogens with zero attached hydrogens (tertiary/aromatic N) is 1. The minimum Gasteiger partial charge on any atom is -0.224 e. The lowest BCUT2D eigenvalue weighted by Gasteiger charge is -2.11. The van der Waals surface area contributed by atoms with Crippen LogP contribution in [-0.4, -0.2) is 14.2 Å². The van der Waals surface area contributed by atoms with Crippen LogP contribution < -0.4 is 5.34 Å². The van der Waals surface area contributed by atoms with Gasteiger partial charge in [0.05, 0.1) is 5.75 Å². The summed E-state index contributed by atoms with van der Waals surface area (Å²) < 4.78 is 61.2. The molecule has 0 amide bonds. The van der Waals surface area contributed by atoms with Gasteiger partial charge < -0.3 is 0 Å². The minimum absolute atomic E-state index is 0.225. The highest BCUT2D eigenvalue weighted by atomic mass is 32.2. The first-order chi connectivity index (χ1) is 7.29. The molecule has 0 N–H and O–H groups in total. The number of hydrogen-bond acceptors (Lipinski definition) is 3. The van der Waals surface area contributed by atoms with Crippen molar-refractivity contribution in [3.8, 4) is 0 Å². The van der Waals surface area contributed by atoms with Crippen molar-refractivity contribution < 1.29 is 21.8 Å². The van der Waals surface area contributed by atoms with Gasteiger partial charge in [0.2, 0.25) is 0 Å². The maximum atomic E-state index is 13.4. The predicted molar refractivity (Wildman–Crippen MR) is 53.6 cm³/mol. The number of anilines is 1. The number of aryl methyl sites for hydroxylation is 1. The molecule has 0 saturated carbocycles. The molecule has 0 atom stereocenters. The Labute approximate surface area is 91.3 Å². The van der Waals surface area contributed by atoms with Gasteiger partial charge in [-0.1, -0.05) is 15.9 Å². The van der Waals surface area contributed by atoms with Crippen LogP contribution in [0.15, 0.2) is 17.0 Å². The number of halogens is 3. The first kappa shape index (κ1) is 12.8. The van der Waals surface area contributed by atoms with Gasteiger partial charge in [0.1, 0.15) is 16.4 Å². The largest absolute Gasteiger partial charge is 0.224 e. The molecule has 0 spiro atoms. The fourth-order valence-corrected chi connectivity index (χ4v) is 2.38. The zero-order valence-electron chi connectivity index (χ0n) is 8.67. The van der Waals surface area contributed by atoms with Crippen molar-refractivity contribution in [2.24, 2.45) is 0 Å². The molecule has 0 aliphatic carbocycles. The molecule has 0 unspecified atom stereocenters. The number of hydrogen-bond donors (Lipinski definition) is 0. The maximum Gasteiger partial charge on any atom is 0.183 e. The quantitative estimate of drug-likeness (QED) is 0.777. The summed E-state index contributed by atoms with van der Waals surface area (Å²) in [5.74, 6) is -1.59. The molecule has 0 aromatic heterocycles. The van der Waals surface area contributed by atoms with Crippen LogP contribution in [0.3, 0.4) is 0 Å². The second kappa shape index (κ2) is 4.32. The highest BCUT2D eigenvalue weighted by Crippen LogP contribution is 2.30. The zero-order chi connectivity index (χ0) is 12.5. The Balaban J connectivity index is 3.61. The average Bonchev–Trinajstić information content (AvgIpc) is 2.15. The van der Waals surface area contributed by atoms with Gasteiger partial charge in [-0.25, -0.2) is 12.8 Å². The molecule has 1 aromatic rings. The van der Waals surface area contributed by atoms with E-state index in [2.05, 4.69) is 0 Å². The number of rotatable bonds is 3. The van der Waals surface area contributed by atoms with Crippen molar-refractivity contribution in [2.45, 2.75) is 18.7 Å². The van der Waals surface area contributed by atoms with E-state index in [-0.39, 0.29) is 5.56 Å². The second-order valence-corrected chi connectivity index (χ2v) is 5.45. The van der Waals surface area contributed by atoms with E-state index in [0.717, 1.165) is 12.1 Å². The van der Waals surface area contributed by atoms with Crippen LogP contribution in [0, 0.1) is 12.7 Å². The van der Waals surface area contributed by atoms with Gasteiger partial charge in [-0.2, -0.15) is 0 Å². The Hall–Kier alpha value is -1.24. The molecule has 0 radical (unpaired) electrons. The number of sulfone groups is 1. The van der Waals surface area contributed by atoms with Crippen LogP contribution in [0.1, 0.15) is 12.5 Å². The zero-order valence-corrected chi connectivity index (χ0v) is 9.48. The van der Waals surface area contributed by atoms with E-state index >= 15 is 0 Å². The van der Waals surface area contributed by atoms with Gasteiger partial charge >= 0.3 is 0 Å². The van der Waals surface area contributed by atoms with E-state index in [4.69, 9.17) is 0 Å². The van der Waals surface area contributed by atoms with Crippen LogP contribution >= 0.6 is 0 Å². The lowest BCUT2D eigenvalue weighted by atomic mass is 10.2. The van der Waals surface area contributed by atoms with Gasteiger partial charge in [0.25, 0.3) is 0 Å². The monoisotopic (exact) mass is 253 g/mol. The lowest BCUT2D eigenvalue weighted by Crippen LogP contribution is -2.12. The SMILES string of the molecule is CCS(=O)(=O)c1c(F)cc(C)cc1N(F)F. The van der Waals surface area contributed by atoms with E-state index in [0.29, 0.717) is 0 Å². The molecule has 16 heavy (non-hydrogen) atoms. The fourth-order valence-electron chi connectivity index (χ4n) is 1.29. The third-order valence-electron chi connectivity index (χ3n) is 2.04. The summed E-state index contributed by atoms with van der Waals surface area (Å²) >= 11 is 0. The van der Waals surface area contributed by atoms with Crippen molar-refractivity contribution in [1.82, 2.24) is 0 Å². The fraction of sp³-hybridized carbons (Fsp3) is 0.333. The molecule has 0 aliphatic heterocycles. The van der Waals surface area contributed by atoms with Crippen molar-refractivity contribution in [1.29, 1.82) is 0 Å². The summed E-state index contributed by atoms with van der Waals surface area (Å²) in [5.41, 5.74) is -0.706. The normalized spacial score (nSPS) is 11.6. The third kappa shape index (κ3) is 2.29. The molecular formula is C9H10F3NO2S. The first-order valence-electron chi connectivity index (χ1n) is 4.44. The molecule has 0 aliphatic rings. The predicted octanol–water partition coefficient (Wildman–Crippen LogP) is 2.50. The van der Waals surface area contributed by atoms with Crippen LogP contribution in [-0.2, 0) is 9.84 Å². The van der Waals surface area contributed by atoms with Crippen molar-refractivity contribution >= 4 is 15.5 Å². The Kier molecular flexibility index (Phi) is 3.47. The molecular weight excluding hydrogens is 243 g/mol. The molecule has 0 fully saturated rings. The van der Waals surface area contributed by atoms with Gasteiger partial charge in [-0.3, -0.25) is 0 Å². The van der Waals surface area contributed by atoms with Crippen LogP contribution in [0.4, 0.5) is 19.0 Å². The second-order valence-electron chi connectivity index (χ2n) is 3.23. The van der Waals surface area contributed by atoms with Crippen molar-refractivity contribution in [3.05, 3.63) is 23.5 Å². The van der Waals surface area contributed by atoms with Gasteiger partial charge in [0.15, 0.2) is 9.84 Å². The molecule has 7 heteroatoms. The molecule has 0 bridgehead atoms. The summed E-state index contributed by atoms with van der Waals surface area (Å²) in [5, 5.41) is -1.39. The number of benzene rings is 1. The van der Waals surface area contributed by atoms with Gasteiger partial charge in [0, 0.05) is 0 Å². The molecule has 3 nitrogen and oxygen atoms in total. The van der Waals surface area contributed by atoms with Gasteiger partial charge in [-0.05, 0) is 30.0 Å². The Bertz CT molecular complexity index is 500. The molecule has 1 aromatic carbocycles. The van der Waals surface area contributed by atoms with E-state index in [1.54, 1.807) is 0 Å². The lowest BCUT2D eigenvalue weighted by molar-refractivity contribution is 0.231. The Morgan fingerprint density at radius 3 is 2.31 bits per heavy atom. The summed E-state index contributed by atoms with van der Waals surface area (Å²) in [7, 11) is -4.02. The third-order valence-corrected chi connectivity index (χ3v) is 3.83. The van der Waals surface area contributed by atoms with Crippen molar-refractivity contribution in [3.63, 3.8) is 0 Å². The molecule has 1 rings (SSSR count). The van der Waals surface area contributed by atoms with E-state index in [1.165, 1.54) is 13.8 Å². The topological polar surface area (TPSA) is 37.4 Å². The summed E-state index contributed by atoms with van der Waals surface area (Å²) in [4.78, 5) is -0.953. The van der Waals surface area contributed by atoms with Crippen LogP contribution in [0.2, 0.25) is 0 Å². The van der Waals surface area contributed by atoms with E-state index < -0.39 is 37.3 Å². The smallest absolute Gasteiger partial charge is 0.183 e. The maximum absolute atomic E-state index is 13.4. The van der Waals surface area contributed by atoms with Crippen LogP contribution in [0.25, 0.3) is 0 Å². The molecule has 0 saturated heterocycles. The van der Waals surface area contributed by atoms with E-state index in [9.17, 15) is 21.8 Å². The Morgan fingerprint density at radius 1 is 1.31 bits per heavy atom. The average molecular weight is 253 g/mol. The van der Waals surface area contributed by atoms with Crippen LogP contribution in [0.5, 0.6) is 0 Å². The highest BCUT2D eigenvalue weighted by molar-refractivity contribution is 7.91. The van der Waals surface area contributed by atoms with Crippen molar-refractivity contribution in [2.75, 3.05) is 11.1 Å². The minimum atomic E-state index is -4.02. The summed E-state index contributed by atoms with van der Waals surface area (Å²) in [6.45, 7) is 2.66. The van der Waals surface area contributed by atoms with Gasteiger partial charge in [-0.15, -0.1) is 0 Å². The summed E-state index contributed by atoms with van der Waals surface area (Å²) in [6.07, 6.45) is 0. The Morgan fingerprint density at radius 2 is 1.88 bits per heavy atom.